The van der Waals surface area contributed by atoms with Crippen LogP contribution in [0.2, 0.25) is 0 Å². The molecule has 1 saturated carbocycles. The van der Waals surface area contributed by atoms with E-state index < -0.39 is 0 Å². The molecule has 1 rings (SSSR count). The molecular weight excluding hydrogens is 246 g/mol. The van der Waals surface area contributed by atoms with Crippen molar-refractivity contribution in [2.45, 2.75) is 91.2 Å². The van der Waals surface area contributed by atoms with Crippen LogP contribution in [0.3, 0.4) is 0 Å². The van der Waals surface area contributed by atoms with Crippen LogP contribution in [0.4, 0.5) is 0 Å². The Bertz CT molecular complexity index is 263. The van der Waals surface area contributed by atoms with Crippen LogP contribution in [0, 0.1) is 11.3 Å². The van der Waals surface area contributed by atoms with Crippen molar-refractivity contribution < 1.29 is 4.74 Å². The third-order valence-electron chi connectivity index (χ3n) is 5.14. The zero-order valence-corrected chi connectivity index (χ0v) is 14.7. The SMILES string of the molecule is CCOC1(C(CCCC(C)C)NC)CCC(C)(C)CC1. The average molecular weight is 284 g/mol. The lowest BCUT2D eigenvalue weighted by Crippen LogP contribution is -2.54. The second-order valence-electron chi connectivity index (χ2n) is 7.83. The number of nitrogens with one attached hydrogen (secondary N) is 1. The summed E-state index contributed by atoms with van der Waals surface area (Å²) in [5.74, 6) is 0.806. The number of hydrogen-bond donors (Lipinski definition) is 1. The number of hydrogen-bond acceptors (Lipinski definition) is 2. The summed E-state index contributed by atoms with van der Waals surface area (Å²) in [7, 11) is 2.11. The van der Waals surface area contributed by atoms with Gasteiger partial charge < -0.3 is 10.1 Å². The molecule has 1 atom stereocenters. The van der Waals surface area contributed by atoms with E-state index in [9.17, 15) is 0 Å². The number of rotatable bonds is 8. The Morgan fingerprint density at radius 2 is 1.65 bits per heavy atom. The quantitative estimate of drug-likeness (QED) is 0.692. The summed E-state index contributed by atoms with van der Waals surface area (Å²) in [4.78, 5) is 0. The van der Waals surface area contributed by atoms with Gasteiger partial charge in [-0.05, 0) is 57.4 Å². The van der Waals surface area contributed by atoms with Crippen LogP contribution >= 0.6 is 0 Å². The van der Waals surface area contributed by atoms with Gasteiger partial charge in [0.05, 0.1) is 5.60 Å². The Labute approximate surface area is 127 Å². The van der Waals surface area contributed by atoms with Gasteiger partial charge in [-0.25, -0.2) is 0 Å². The normalized spacial score (nSPS) is 22.9. The average Bonchev–Trinajstić information content (AvgIpc) is 2.38. The van der Waals surface area contributed by atoms with Crippen LogP contribution in [-0.2, 0) is 4.74 Å². The highest BCUT2D eigenvalue weighted by Crippen LogP contribution is 2.44. The van der Waals surface area contributed by atoms with E-state index in [-0.39, 0.29) is 5.60 Å². The molecule has 1 aliphatic rings. The molecule has 0 aromatic rings. The van der Waals surface area contributed by atoms with Crippen LogP contribution in [0.5, 0.6) is 0 Å². The maximum Gasteiger partial charge on any atom is 0.0834 e. The van der Waals surface area contributed by atoms with Crippen molar-refractivity contribution in [2.24, 2.45) is 11.3 Å². The Morgan fingerprint density at radius 3 is 2.10 bits per heavy atom. The van der Waals surface area contributed by atoms with Crippen LogP contribution in [0.15, 0.2) is 0 Å². The van der Waals surface area contributed by atoms with Crippen molar-refractivity contribution in [3.8, 4) is 0 Å². The van der Waals surface area contributed by atoms with Gasteiger partial charge in [-0.3, -0.25) is 0 Å². The molecule has 20 heavy (non-hydrogen) atoms. The number of ether oxygens (including phenoxy) is 1. The smallest absolute Gasteiger partial charge is 0.0834 e. The first-order chi connectivity index (χ1) is 9.35. The van der Waals surface area contributed by atoms with Gasteiger partial charge in [0.1, 0.15) is 0 Å². The highest BCUT2D eigenvalue weighted by molar-refractivity contribution is 4.98. The van der Waals surface area contributed by atoms with Crippen LogP contribution in [0.1, 0.15) is 79.6 Å². The third-order valence-corrected chi connectivity index (χ3v) is 5.14. The molecule has 1 N–H and O–H groups in total. The van der Waals surface area contributed by atoms with Gasteiger partial charge in [-0.1, -0.05) is 40.5 Å². The molecule has 120 valence electrons. The van der Waals surface area contributed by atoms with E-state index in [0.717, 1.165) is 12.5 Å². The van der Waals surface area contributed by atoms with Crippen molar-refractivity contribution in [1.82, 2.24) is 5.32 Å². The molecule has 1 fully saturated rings. The first-order valence-corrected chi connectivity index (χ1v) is 8.66. The minimum atomic E-state index is 0.0794. The molecule has 0 bridgehead atoms. The Hall–Kier alpha value is -0.0800. The molecular formula is C18H37NO. The predicted molar refractivity (Wildman–Crippen MR) is 88.1 cm³/mol. The van der Waals surface area contributed by atoms with E-state index in [1.165, 1.54) is 44.9 Å². The van der Waals surface area contributed by atoms with Gasteiger partial charge in [0, 0.05) is 12.6 Å². The van der Waals surface area contributed by atoms with Crippen molar-refractivity contribution in [3.05, 3.63) is 0 Å². The lowest BCUT2D eigenvalue weighted by molar-refractivity contribution is -0.107. The summed E-state index contributed by atoms with van der Waals surface area (Å²) in [5.41, 5.74) is 0.576. The fraction of sp³-hybridized carbons (Fsp3) is 1.00. The second-order valence-corrected chi connectivity index (χ2v) is 7.83. The van der Waals surface area contributed by atoms with Crippen LogP contribution in [-0.4, -0.2) is 25.3 Å². The van der Waals surface area contributed by atoms with Gasteiger partial charge in [0.25, 0.3) is 0 Å². The largest absolute Gasteiger partial charge is 0.374 e. The molecule has 0 amide bonds. The summed E-state index contributed by atoms with van der Waals surface area (Å²) in [6.07, 6.45) is 8.87. The molecule has 2 nitrogen and oxygen atoms in total. The molecule has 1 aliphatic carbocycles. The molecule has 0 spiro atoms. The molecule has 0 aliphatic heterocycles. The van der Waals surface area contributed by atoms with E-state index in [1.807, 2.05) is 0 Å². The topological polar surface area (TPSA) is 21.3 Å². The lowest BCUT2D eigenvalue weighted by atomic mass is 9.67. The minimum Gasteiger partial charge on any atom is -0.374 e. The zero-order chi connectivity index (χ0) is 15.2. The van der Waals surface area contributed by atoms with Crippen molar-refractivity contribution >= 4 is 0 Å². The van der Waals surface area contributed by atoms with Crippen LogP contribution in [0.25, 0.3) is 0 Å². The fourth-order valence-electron chi connectivity index (χ4n) is 3.63. The standard InChI is InChI=1S/C18H37NO/c1-7-20-18(13-11-17(4,5)12-14-18)16(19-6)10-8-9-15(2)3/h15-16,19H,7-14H2,1-6H3. The van der Waals surface area contributed by atoms with E-state index >= 15 is 0 Å². The Morgan fingerprint density at radius 1 is 1.05 bits per heavy atom. The van der Waals surface area contributed by atoms with Crippen LogP contribution < -0.4 is 5.32 Å². The minimum absolute atomic E-state index is 0.0794. The Balaban J connectivity index is 2.66. The first-order valence-electron chi connectivity index (χ1n) is 8.66. The molecule has 0 aromatic carbocycles. The fourth-order valence-corrected chi connectivity index (χ4v) is 3.63. The van der Waals surface area contributed by atoms with Gasteiger partial charge in [0.15, 0.2) is 0 Å². The predicted octanol–water partition coefficient (Wildman–Crippen LogP) is 4.78. The summed E-state index contributed by atoms with van der Waals surface area (Å²) >= 11 is 0. The van der Waals surface area contributed by atoms with E-state index in [4.69, 9.17) is 4.74 Å². The summed E-state index contributed by atoms with van der Waals surface area (Å²) < 4.78 is 6.31. The lowest BCUT2D eigenvalue weighted by Gasteiger charge is -2.47. The maximum absolute atomic E-state index is 6.31. The summed E-state index contributed by atoms with van der Waals surface area (Å²) in [5, 5.41) is 3.57. The maximum atomic E-state index is 6.31. The molecule has 0 heterocycles. The van der Waals surface area contributed by atoms with E-state index in [1.54, 1.807) is 0 Å². The molecule has 0 aromatic heterocycles. The molecule has 0 radical (unpaired) electrons. The third kappa shape index (κ3) is 5.04. The van der Waals surface area contributed by atoms with Crippen molar-refractivity contribution in [2.75, 3.05) is 13.7 Å². The zero-order valence-electron chi connectivity index (χ0n) is 14.7. The van der Waals surface area contributed by atoms with Gasteiger partial charge in [-0.2, -0.15) is 0 Å². The van der Waals surface area contributed by atoms with Gasteiger partial charge >= 0.3 is 0 Å². The van der Waals surface area contributed by atoms with Gasteiger partial charge in [0.2, 0.25) is 0 Å². The monoisotopic (exact) mass is 283 g/mol. The molecule has 1 unspecified atom stereocenters. The number of likely N-dealkylation sites (N-methyl/N-ethyl adjacent to an activating group) is 1. The molecule has 2 heteroatoms. The highest BCUT2D eigenvalue weighted by Gasteiger charge is 2.43. The van der Waals surface area contributed by atoms with Crippen molar-refractivity contribution in [3.63, 3.8) is 0 Å². The molecule has 0 saturated heterocycles. The van der Waals surface area contributed by atoms with E-state index in [0.29, 0.717) is 11.5 Å². The van der Waals surface area contributed by atoms with E-state index in [2.05, 4.69) is 47.0 Å². The highest BCUT2D eigenvalue weighted by atomic mass is 16.5. The Kier molecular flexibility index (Phi) is 7.00. The van der Waals surface area contributed by atoms with Gasteiger partial charge in [-0.15, -0.1) is 0 Å². The first kappa shape index (κ1) is 18.0. The second kappa shape index (κ2) is 7.79. The summed E-state index contributed by atoms with van der Waals surface area (Å²) in [6, 6.07) is 0.511. The summed E-state index contributed by atoms with van der Waals surface area (Å²) in [6.45, 7) is 12.4. The van der Waals surface area contributed by atoms with Crippen molar-refractivity contribution in [1.29, 1.82) is 0 Å².